The van der Waals surface area contributed by atoms with E-state index in [9.17, 15) is 14.4 Å². The van der Waals surface area contributed by atoms with Crippen molar-refractivity contribution in [3.8, 4) is 5.75 Å². The summed E-state index contributed by atoms with van der Waals surface area (Å²) in [5, 5.41) is 4.91. The molecule has 0 radical (unpaired) electrons. The van der Waals surface area contributed by atoms with Crippen LogP contribution in [0, 0.1) is 6.92 Å². The van der Waals surface area contributed by atoms with Crippen LogP contribution < -0.4 is 15.0 Å². The lowest BCUT2D eigenvalue weighted by Crippen LogP contribution is -2.30. The summed E-state index contributed by atoms with van der Waals surface area (Å²) >= 11 is 6.57. The number of nitrogens with zero attached hydrogens (tertiary/aromatic N) is 4. The van der Waals surface area contributed by atoms with Crippen LogP contribution in [0.1, 0.15) is 50.4 Å². The average Bonchev–Trinajstić information content (AvgIpc) is 3.92. The molecule has 296 valence electrons. The van der Waals surface area contributed by atoms with Crippen LogP contribution >= 0.6 is 11.6 Å². The molecule has 57 heavy (non-hydrogen) atoms. The van der Waals surface area contributed by atoms with E-state index >= 15 is 0 Å². The zero-order valence-electron chi connectivity index (χ0n) is 32.2. The highest BCUT2D eigenvalue weighted by Gasteiger charge is 2.36. The third kappa shape index (κ3) is 8.89. The van der Waals surface area contributed by atoms with Crippen molar-refractivity contribution < 1.29 is 33.3 Å². The van der Waals surface area contributed by atoms with Crippen LogP contribution in [-0.2, 0) is 25.4 Å². The lowest BCUT2D eigenvalue weighted by Gasteiger charge is -2.19. The third-order valence-electron chi connectivity index (χ3n) is 10.2. The number of amides is 3. The zero-order valence-corrected chi connectivity index (χ0v) is 32.9. The van der Waals surface area contributed by atoms with Crippen LogP contribution in [0.25, 0.3) is 16.4 Å². The molecule has 4 heterocycles. The number of aromatic nitrogens is 2. The van der Waals surface area contributed by atoms with Crippen molar-refractivity contribution in [1.29, 1.82) is 0 Å². The maximum Gasteiger partial charge on any atom is 0.278 e. The molecule has 0 bridgehead atoms. The van der Waals surface area contributed by atoms with E-state index in [2.05, 4.69) is 36.8 Å². The fourth-order valence-electron chi connectivity index (χ4n) is 7.18. The summed E-state index contributed by atoms with van der Waals surface area (Å²) < 4.78 is 25.0. The van der Waals surface area contributed by atoms with E-state index in [-0.39, 0.29) is 29.3 Å². The average molecular weight is 792 g/mol. The SMILES string of the molecule is C=C1C=CC(=O)N1CCOCCOCCOCCOc1cc2c(c3c(C)cccc13)[C@H](CCl)CN2C(=O)c1cn2cc(NC(=O)c3ccc(CC)cc3)ccc2n1. The number of benzene rings is 3. The highest BCUT2D eigenvalue weighted by molar-refractivity contribution is 6.19. The van der Waals surface area contributed by atoms with Gasteiger partial charge in [0.15, 0.2) is 0 Å². The van der Waals surface area contributed by atoms with Gasteiger partial charge >= 0.3 is 0 Å². The Hall–Kier alpha value is -5.53. The number of halogens is 1. The molecule has 0 saturated heterocycles. The largest absolute Gasteiger partial charge is 0.490 e. The first kappa shape index (κ1) is 39.7. The van der Waals surface area contributed by atoms with Crippen molar-refractivity contribution in [2.45, 2.75) is 26.2 Å². The van der Waals surface area contributed by atoms with Crippen LogP contribution in [0.5, 0.6) is 5.75 Å². The molecule has 3 aromatic carbocycles. The number of alkyl halides is 1. The predicted octanol–water partition coefficient (Wildman–Crippen LogP) is 6.93. The van der Waals surface area contributed by atoms with E-state index in [4.69, 9.17) is 30.5 Å². The van der Waals surface area contributed by atoms with E-state index in [0.29, 0.717) is 93.6 Å². The van der Waals surface area contributed by atoms with E-state index < -0.39 is 0 Å². The predicted molar refractivity (Wildman–Crippen MR) is 221 cm³/mol. The van der Waals surface area contributed by atoms with Crippen LogP contribution in [0.3, 0.4) is 0 Å². The molecule has 0 spiro atoms. The van der Waals surface area contributed by atoms with Gasteiger partial charge in [-0.15, -0.1) is 11.6 Å². The Morgan fingerprint density at radius 2 is 1.67 bits per heavy atom. The summed E-state index contributed by atoms with van der Waals surface area (Å²) in [6.45, 7) is 11.5. The normalized spacial score (nSPS) is 15.0. The molecule has 0 unspecified atom stereocenters. The number of imidazole rings is 1. The number of aryl methyl sites for hydroxylation is 2. The lowest BCUT2D eigenvalue weighted by atomic mass is 9.92. The first-order valence-electron chi connectivity index (χ1n) is 19.1. The van der Waals surface area contributed by atoms with Crippen LogP contribution in [0.15, 0.2) is 97.5 Å². The number of pyridine rings is 1. The number of carbonyl (C=O) groups is 3. The second kappa shape index (κ2) is 18.2. The van der Waals surface area contributed by atoms with Crippen LogP contribution in [0.4, 0.5) is 11.4 Å². The third-order valence-corrected chi connectivity index (χ3v) is 10.5. The van der Waals surface area contributed by atoms with Gasteiger partial charge in [-0.2, -0.15) is 0 Å². The van der Waals surface area contributed by atoms with Gasteiger partial charge in [0.2, 0.25) is 0 Å². The summed E-state index contributed by atoms with van der Waals surface area (Å²) in [7, 11) is 0. The highest BCUT2D eigenvalue weighted by atomic mass is 35.5. The lowest BCUT2D eigenvalue weighted by molar-refractivity contribution is -0.123. The molecule has 0 saturated carbocycles. The first-order valence-corrected chi connectivity index (χ1v) is 19.7. The summed E-state index contributed by atoms with van der Waals surface area (Å²) in [5.74, 6) is 0.341. The minimum absolute atomic E-state index is 0.0775. The summed E-state index contributed by atoms with van der Waals surface area (Å²) in [6, 6.07) is 19.1. The number of anilines is 2. The van der Waals surface area contributed by atoms with Gasteiger partial charge < -0.3 is 38.5 Å². The number of fused-ring (bicyclic) bond motifs is 4. The highest BCUT2D eigenvalue weighted by Crippen LogP contribution is 2.47. The number of allylic oxidation sites excluding steroid dienone is 1. The van der Waals surface area contributed by atoms with Gasteiger partial charge in [0, 0.05) is 66.1 Å². The smallest absolute Gasteiger partial charge is 0.278 e. The topological polar surface area (TPSA) is 124 Å². The number of carbonyl (C=O) groups excluding carboxylic acids is 3. The van der Waals surface area contributed by atoms with Crippen LogP contribution in [-0.4, -0.2) is 97.2 Å². The molecule has 7 rings (SSSR count). The molecule has 0 aliphatic carbocycles. The molecule has 1 N–H and O–H groups in total. The molecule has 2 aliphatic heterocycles. The van der Waals surface area contributed by atoms with Crippen LogP contribution in [0.2, 0.25) is 0 Å². The minimum atomic E-state index is -0.258. The van der Waals surface area contributed by atoms with Gasteiger partial charge in [0.05, 0.1) is 51.0 Å². The maximum atomic E-state index is 14.2. The Kier molecular flexibility index (Phi) is 12.6. The molecule has 2 aromatic heterocycles. The maximum absolute atomic E-state index is 14.2. The number of hydrogen-bond acceptors (Lipinski definition) is 8. The first-order chi connectivity index (χ1) is 27.7. The van der Waals surface area contributed by atoms with Crippen molar-refractivity contribution in [3.05, 3.63) is 125 Å². The van der Waals surface area contributed by atoms with E-state index in [1.54, 1.807) is 44.8 Å². The fourth-order valence-corrected chi connectivity index (χ4v) is 7.43. The number of hydrogen-bond donors (Lipinski definition) is 1. The second-order valence-corrected chi connectivity index (χ2v) is 14.2. The monoisotopic (exact) mass is 791 g/mol. The fraction of sp³-hybridized carbons (Fsp3) is 0.318. The second-order valence-electron chi connectivity index (χ2n) is 13.9. The Balaban J connectivity index is 0.965. The molecule has 3 amide bonds. The Morgan fingerprint density at radius 1 is 0.930 bits per heavy atom. The van der Waals surface area contributed by atoms with Gasteiger partial charge in [0.1, 0.15) is 23.7 Å². The van der Waals surface area contributed by atoms with Gasteiger partial charge in [0.25, 0.3) is 17.7 Å². The molecule has 5 aromatic rings. The van der Waals surface area contributed by atoms with E-state index in [0.717, 1.165) is 39.6 Å². The van der Waals surface area contributed by atoms with E-state index in [1.807, 2.05) is 42.5 Å². The summed E-state index contributed by atoms with van der Waals surface area (Å²) in [4.78, 5) is 46.9. The van der Waals surface area contributed by atoms with Crippen molar-refractivity contribution in [1.82, 2.24) is 14.3 Å². The van der Waals surface area contributed by atoms with Crippen molar-refractivity contribution in [2.24, 2.45) is 0 Å². The molecule has 13 heteroatoms. The van der Waals surface area contributed by atoms with Gasteiger partial charge in [-0.1, -0.05) is 43.8 Å². The van der Waals surface area contributed by atoms with Gasteiger partial charge in [-0.05, 0) is 65.8 Å². The molecular weight excluding hydrogens is 746 g/mol. The van der Waals surface area contributed by atoms with Crippen molar-refractivity contribution in [3.63, 3.8) is 0 Å². The molecule has 2 aliphatic rings. The Labute approximate surface area is 336 Å². The van der Waals surface area contributed by atoms with Gasteiger partial charge in [-0.25, -0.2) is 4.98 Å². The Bertz CT molecular complexity index is 2300. The number of ether oxygens (including phenoxy) is 4. The number of rotatable bonds is 18. The molecular formula is C44H46ClN5O7. The quantitative estimate of drug-likeness (QED) is 0.0749. The minimum Gasteiger partial charge on any atom is -0.490 e. The number of nitrogens with one attached hydrogen (secondary N) is 1. The Morgan fingerprint density at radius 3 is 2.37 bits per heavy atom. The van der Waals surface area contributed by atoms with Crippen molar-refractivity contribution in [2.75, 3.05) is 75.4 Å². The standard InChI is InChI=1S/C44H46ClN5O7/c1-4-31-9-11-32(12-10-31)43(52)46-34-13-14-39-47-36(28-48(39)27-34)44(53)50-26-33(25-45)42-37(50)24-38(35-7-5-6-29(2)41(35)42)57-23-22-56-21-20-55-19-18-54-17-16-49-30(3)8-15-40(49)51/h5-15,24,27-28,33H,3-4,16-23,25-26H2,1-2H3,(H,46,52)/t33-/m1/s1. The molecule has 0 fully saturated rings. The zero-order chi connectivity index (χ0) is 39.9. The molecule has 1 atom stereocenters. The summed E-state index contributed by atoms with van der Waals surface area (Å²) in [6.07, 6.45) is 7.52. The van der Waals surface area contributed by atoms with Crippen molar-refractivity contribution >= 4 is 57.1 Å². The molecule has 12 nitrogen and oxygen atoms in total. The van der Waals surface area contributed by atoms with E-state index in [1.165, 1.54) is 6.08 Å². The summed E-state index contributed by atoms with van der Waals surface area (Å²) in [5.41, 5.74) is 6.64. The van der Waals surface area contributed by atoms with Gasteiger partial charge in [-0.3, -0.25) is 14.4 Å².